The van der Waals surface area contributed by atoms with Gasteiger partial charge in [0.1, 0.15) is 5.82 Å². The summed E-state index contributed by atoms with van der Waals surface area (Å²) in [5.74, 6) is 1.01. The van der Waals surface area contributed by atoms with Gasteiger partial charge in [0.05, 0.1) is 29.3 Å². The molecule has 6 nitrogen and oxygen atoms in total. The first kappa shape index (κ1) is 23.3. The van der Waals surface area contributed by atoms with Gasteiger partial charge in [0, 0.05) is 31.9 Å². The van der Waals surface area contributed by atoms with Crippen LogP contribution in [-0.4, -0.2) is 39.0 Å². The molecule has 1 fully saturated rings. The van der Waals surface area contributed by atoms with Gasteiger partial charge in [-0.05, 0) is 73.5 Å². The van der Waals surface area contributed by atoms with Gasteiger partial charge in [-0.1, -0.05) is 42.5 Å². The number of hydrogen-bond donors (Lipinski definition) is 3. The third-order valence-electron chi connectivity index (χ3n) is 7.69. The van der Waals surface area contributed by atoms with Crippen molar-refractivity contribution in [2.45, 2.75) is 63.8 Å². The number of nitrogens with one attached hydrogen (secondary N) is 3. The van der Waals surface area contributed by atoms with Crippen LogP contribution in [0.4, 0.5) is 0 Å². The fourth-order valence-electron chi connectivity index (χ4n) is 5.81. The molecule has 1 saturated heterocycles. The molecule has 0 spiro atoms. The van der Waals surface area contributed by atoms with Crippen LogP contribution in [0.15, 0.2) is 66.9 Å². The molecule has 4 aromatic rings. The number of benzene rings is 2. The molecule has 0 bridgehead atoms. The lowest BCUT2D eigenvalue weighted by atomic mass is 9.90. The van der Waals surface area contributed by atoms with Gasteiger partial charge in [0.25, 0.3) is 0 Å². The third kappa shape index (κ3) is 5.36. The number of hydrogen-bond acceptors (Lipinski definition) is 5. The van der Waals surface area contributed by atoms with Crippen LogP contribution in [0.1, 0.15) is 59.9 Å². The Kier molecular flexibility index (Phi) is 7.07. The Labute approximate surface area is 213 Å². The Morgan fingerprint density at radius 2 is 1.81 bits per heavy atom. The van der Waals surface area contributed by atoms with E-state index in [9.17, 15) is 0 Å². The van der Waals surface area contributed by atoms with E-state index in [0.717, 1.165) is 62.4 Å². The maximum absolute atomic E-state index is 4.89. The summed E-state index contributed by atoms with van der Waals surface area (Å²) < 4.78 is 0. The predicted octanol–water partition coefficient (Wildman–Crippen LogP) is 4.88. The van der Waals surface area contributed by atoms with E-state index in [2.05, 4.69) is 75.1 Å². The zero-order valence-corrected chi connectivity index (χ0v) is 20.9. The van der Waals surface area contributed by atoms with Gasteiger partial charge in [0.2, 0.25) is 0 Å². The van der Waals surface area contributed by atoms with Crippen LogP contribution < -0.4 is 10.6 Å². The van der Waals surface area contributed by atoms with E-state index in [4.69, 9.17) is 9.97 Å². The second-order valence-corrected chi connectivity index (χ2v) is 10.3. The van der Waals surface area contributed by atoms with Gasteiger partial charge in [-0.15, -0.1) is 0 Å². The lowest BCUT2D eigenvalue weighted by Gasteiger charge is -2.34. The van der Waals surface area contributed by atoms with Crippen LogP contribution in [0.3, 0.4) is 0 Å². The molecular weight excluding hydrogens is 444 g/mol. The molecule has 2 aromatic heterocycles. The Morgan fingerprint density at radius 3 is 2.67 bits per heavy atom. The zero-order chi connectivity index (χ0) is 24.2. The van der Waals surface area contributed by atoms with Gasteiger partial charge >= 0.3 is 0 Å². The molecule has 2 aliphatic rings. The van der Waals surface area contributed by atoms with E-state index < -0.39 is 0 Å². The number of imidazole rings is 1. The molecule has 1 aliphatic carbocycles. The number of aryl methyl sites for hydroxylation is 1. The van der Waals surface area contributed by atoms with E-state index in [1.807, 2.05) is 12.3 Å². The molecule has 2 aromatic carbocycles. The molecule has 3 heterocycles. The van der Waals surface area contributed by atoms with Crippen molar-refractivity contribution in [1.29, 1.82) is 0 Å². The van der Waals surface area contributed by atoms with Crippen molar-refractivity contribution in [2.24, 2.45) is 0 Å². The molecule has 6 heteroatoms. The SMILES string of the molecule is c1cnc2c(c1)CCCC2N(Cc1ccc(CNC[C@H]2CCCN2)cc1)Cc1nc2ccccc2[nH]1. The van der Waals surface area contributed by atoms with Crippen molar-refractivity contribution in [3.8, 4) is 0 Å². The van der Waals surface area contributed by atoms with Crippen molar-refractivity contribution < 1.29 is 0 Å². The molecule has 0 radical (unpaired) electrons. The van der Waals surface area contributed by atoms with E-state index in [0.29, 0.717) is 12.1 Å². The number of aromatic nitrogens is 3. The number of pyridine rings is 1. The number of para-hydroxylation sites is 2. The Hall–Kier alpha value is -3.06. The highest BCUT2D eigenvalue weighted by Gasteiger charge is 2.28. The minimum absolute atomic E-state index is 0.295. The first-order chi connectivity index (χ1) is 17.8. The minimum Gasteiger partial charge on any atom is -0.341 e. The molecule has 3 N–H and O–H groups in total. The fraction of sp³-hybridized carbons (Fsp3) is 0.400. The summed E-state index contributed by atoms with van der Waals surface area (Å²) in [6.45, 7) is 4.76. The quantitative estimate of drug-likeness (QED) is 0.319. The molecule has 6 rings (SSSR count). The summed E-state index contributed by atoms with van der Waals surface area (Å²) in [6, 6.07) is 22.7. The number of aromatic amines is 1. The second-order valence-electron chi connectivity index (χ2n) is 10.3. The standard InChI is InChI=1S/C30H36N6/c1-2-10-27-26(9-1)34-29(35-27)21-36(28-11-3-6-24-7-4-17-33-30(24)28)20-23-14-12-22(13-15-23)18-31-19-25-8-5-16-32-25/h1-2,4,7,9-10,12-15,17,25,28,31-32H,3,5-6,8,11,16,18-21H2,(H,34,35)/t25-,28?/m1/s1. The zero-order valence-electron chi connectivity index (χ0n) is 20.9. The lowest BCUT2D eigenvalue weighted by Crippen LogP contribution is -2.33. The predicted molar refractivity (Wildman–Crippen MR) is 144 cm³/mol. The number of fused-ring (bicyclic) bond motifs is 2. The molecule has 0 saturated carbocycles. The lowest BCUT2D eigenvalue weighted by molar-refractivity contribution is 0.153. The van der Waals surface area contributed by atoms with Crippen molar-refractivity contribution >= 4 is 11.0 Å². The van der Waals surface area contributed by atoms with Crippen LogP contribution in [0.5, 0.6) is 0 Å². The maximum atomic E-state index is 4.89. The summed E-state index contributed by atoms with van der Waals surface area (Å²) >= 11 is 0. The van der Waals surface area contributed by atoms with Gasteiger partial charge in [-0.2, -0.15) is 0 Å². The number of H-pyrrole nitrogens is 1. The summed E-state index contributed by atoms with van der Waals surface area (Å²) in [5.41, 5.74) is 7.42. The Morgan fingerprint density at radius 1 is 0.917 bits per heavy atom. The maximum Gasteiger partial charge on any atom is 0.121 e. The van der Waals surface area contributed by atoms with Crippen LogP contribution in [0.25, 0.3) is 11.0 Å². The molecule has 36 heavy (non-hydrogen) atoms. The Balaban J connectivity index is 1.19. The van der Waals surface area contributed by atoms with Gasteiger partial charge < -0.3 is 15.6 Å². The van der Waals surface area contributed by atoms with Crippen LogP contribution in [0, 0.1) is 0 Å². The molecule has 1 aliphatic heterocycles. The third-order valence-corrected chi connectivity index (χ3v) is 7.69. The van der Waals surface area contributed by atoms with E-state index in [1.54, 1.807) is 0 Å². The average Bonchev–Trinajstić information content (AvgIpc) is 3.58. The first-order valence-corrected chi connectivity index (χ1v) is 13.5. The number of rotatable bonds is 9. The summed E-state index contributed by atoms with van der Waals surface area (Å²) in [7, 11) is 0. The van der Waals surface area contributed by atoms with Gasteiger partial charge in [0.15, 0.2) is 0 Å². The van der Waals surface area contributed by atoms with Crippen LogP contribution in [0.2, 0.25) is 0 Å². The van der Waals surface area contributed by atoms with Gasteiger partial charge in [-0.3, -0.25) is 9.88 Å². The first-order valence-electron chi connectivity index (χ1n) is 13.5. The van der Waals surface area contributed by atoms with E-state index >= 15 is 0 Å². The minimum atomic E-state index is 0.295. The molecule has 1 unspecified atom stereocenters. The number of nitrogens with zero attached hydrogens (tertiary/aromatic N) is 3. The highest BCUT2D eigenvalue weighted by Crippen LogP contribution is 2.34. The largest absolute Gasteiger partial charge is 0.341 e. The second kappa shape index (κ2) is 10.9. The average molecular weight is 481 g/mol. The highest BCUT2D eigenvalue weighted by atomic mass is 15.2. The van der Waals surface area contributed by atoms with Gasteiger partial charge in [-0.25, -0.2) is 4.98 Å². The smallest absolute Gasteiger partial charge is 0.121 e. The topological polar surface area (TPSA) is 68.9 Å². The summed E-state index contributed by atoms with van der Waals surface area (Å²) in [5, 5.41) is 7.18. The molecular formula is C30H36N6. The van der Waals surface area contributed by atoms with Crippen LogP contribution in [-0.2, 0) is 26.1 Å². The van der Waals surface area contributed by atoms with Crippen LogP contribution >= 0.6 is 0 Å². The molecule has 2 atom stereocenters. The van der Waals surface area contributed by atoms with Crippen molar-refractivity contribution in [2.75, 3.05) is 13.1 Å². The fourth-order valence-corrected chi connectivity index (χ4v) is 5.81. The summed E-state index contributed by atoms with van der Waals surface area (Å²) in [6.07, 6.45) is 7.97. The Bertz CT molecular complexity index is 1240. The van der Waals surface area contributed by atoms with Crippen molar-refractivity contribution in [3.63, 3.8) is 0 Å². The highest BCUT2D eigenvalue weighted by molar-refractivity contribution is 5.74. The molecule has 186 valence electrons. The van der Waals surface area contributed by atoms with E-state index in [1.165, 1.54) is 41.6 Å². The summed E-state index contributed by atoms with van der Waals surface area (Å²) in [4.78, 5) is 15.8. The van der Waals surface area contributed by atoms with Crippen molar-refractivity contribution in [3.05, 3.63) is 95.1 Å². The monoisotopic (exact) mass is 480 g/mol. The molecule has 0 amide bonds. The van der Waals surface area contributed by atoms with Crippen molar-refractivity contribution in [1.82, 2.24) is 30.5 Å². The normalized spacial score (nSPS) is 19.7. The van der Waals surface area contributed by atoms with E-state index in [-0.39, 0.29) is 0 Å².